The van der Waals surface area contributed by atoms with Crippen LogP contribution in [0.3, 0.4) is 0 Å². The summed E-state index contributed by atoms with van der Waals surface area (Å²) in [6.07, 6.45) is 0.670. The van der Waals surface area contributed by atoms with Gasteiger partial charge in [-0.3, -0.25) is 4.98 Å². The summed E-state index contributed by atoms with van der Waals surface area (Å²) in [4.78, 5) is 4.58. The SMILES string of the molecule is N/C(=C\NC1C(O)C(CO)OC(Sc2cncc(Cl)c2)C1O)c1cc(F)c(Br)c(F)c1. The predicted molar refractivity (Wildman–Crippen MR) is 116 cm³/mol. The van der Waals surface area contributed by atoms with E-state index in [2.05, 4.69) is 26.2 Å². The van der Waals surface area contributed by atoms with Crippen molar-refractivity contribution >= 4 is 45.0 Å². The first kappa shape index (κ1) is 24.2. The molecule has 12 heteroatoms. The molecular formula is C19H19BrClF2N3O4S. The Morgan fingerprint density at radius 3 is 2.55 bits per heavy atom. The monoisotopic (exact) mass is 537 g/mol. The Morgan fingerprint density at radius 1 is 1.26 bits per heavy atom. The van der Waals surface area contributed by atoms with Crippen LogP contribution in [0.25, 0.3) is 5.70 Å². The summed E-state index contributed by atoms with van der Waals surface area (Å²) in [7, 11) is 0. The molecule has 6 N–H and O–H groups in total. The van der Waals surface area contributed by atoms with Crippen molar-refractivity contribution in [2.75, 3.05) is 6.61 Å². The molecule has 0 spiro atoms. The van der Waals surface area contributed by atoms with E-state index in [1.54, 1.807) is 6.07 Å². The predicted octanol–water partition coefficient (Wildman–Crippen LogP) is 2.22. The van der Waals surface area contributed by atoms with Crippen molar-refractivity contribution in [1.82, 2.24) is 10.3 Å². The summed E-state index contributed by atoms with van der Waals surface area (Å²) in [6, 6.07) is 2.71. The number of aliphatic hydroxyl groups excluding tert-OH is 3. The summed E-state index contributed by atoms with van der Waals surface area (Å²) >= 11 is 9.83. The highest BCUT2D eigenvalue weighted by Gasteiger charge is 2.44. The highest BCUT2D eigenvalue weighted by molar-refractivity contribution is 9.10. The number of halogens is 4. The minimum absolute atomic E-state index is 0.0278. The molecule has 1 fully saturated rings. The van der Waals surface area contributed by atoms with Crippen LogP contribution in [-0.4, -0.2) is 56.7 Å². The van der Waals surface area contributed by atoms with E-state index in [4.69, 9.17) is 22.1 Å². The molecule has 5 atom stereocenters. The number of nitrogens with zero attached hydrogens (tertiary/aromatic N) is 1. The summed E-state index contributed by atoms with van der Waals surface area (Å²) in [5, 5.41) is 34.0. The lowest BCUT2D eigenvalue weighted by atomic mass is 9.97. The zero-order chi connectivity index (χ0) is 22.7. The average molecular weight is 539 g/mol. The van der Waals surface area contributed by atoms with E-state index in [-0.39, 0.29) is 15.7 Å². The van der Waals surface area contributed by atoms with E-state index in [1.807, 2.05) is 0 Å². The van der Waals surface area contributed by atoms with Crippen LogP contribution < -0.4 is 11.1 Å². The minimum Gasteiger partial charge on any atom is -0.397 e. The first-order valence-corrected chi connectivity index (χ1v) is 11.0. The number of aliphatic hydroxyl groups is 3. The van der Waals surface area contributed by atoms with Crippen molar-refractivity contribution in [1.29, 1.82) is 0 Å². The number of thioether (sulfide) groups is 1. The van der Waals surface area contributed by atoms with Crippen LogP contribution in [0, 0.1) is 11.6 Å². The molecule has 168 valence electrons. The lowest BCUT2D eigenvalue weighted by Gasteiger charge is -2.42. The van der Waals surface area contributed by atoms with Gasteiger partial charge in [-0.15, -0.1) is 0 Å². The van der Waals surface area contributed by atoms with Gasteiger partial charge < -0.3 is 31.1 Å². The molecule has 0 aliphatic carbocycles. The molecule has 0 amide bonds. The summed E-state index contributed by atoms with van der Waals surface area (Å²) < 4.78 is 32.8. The Labute approximate surface area is 194 Å². The normalized spacial score (nSPS) is 26.7. The van der Waals surface area contributed by atoms with Gasteiger partial charge in [0.1, 0.15) is 35.4 Å². The summed E-state index contributed by atoms with van der Waals surface area (Å²) in [5.74, 6) is -1.66. The van der Waals surface area contributed by atoms with E-state index in [0.717, 1.165) is 23.9 Å². The van der Waals surface area contributed by atoms with Crippen molar-refractivity contribution in [3.63, 3.8) is 0 Å². The molecule has 31 heavy (non-hydrogen) atoms. The summed E-state index contributed by atoms with van der Waals surface area (Å²) in [6.45, 7) is -0.501. The molecule has 2 aromatic rings. The molecular weight excluding hydrogens is 520 g/mol. The number of benzene rings is 1. The number of aromatic nitrogens is 1. The van der Waals surface area contributed by atoms with E-state index in [0.29, 0.717) is 9.92 Å². The van der Waals surface area contributed by atoms with Crippen molar-refractivity contribution in [2.45, 2.75) is 34.7 Å². The number of pyridine rings is 1. The van der Waals surface area contributed by atoms with Gasteiger partial charge in [0.15, 0.2) is 0 Å². The van der Waals surface area contributed by atoms with Crippen LogP contribution in [0.5, 0.6) is 0 Å². The van der Waals surface area contributed by atoms with E-state index >= 15 is 0 Å². The Hall–Kier alpha value is -1.47. The molecule has 3 rings (SSSR count). The van der Waals surface area contributed by atoms with Gasteiger partial charge in [-0.1, -0.05) is 23.4 Å². The molecule has 1 aromatic carbocycles. The number of nitrogens with two attached hydrogens (primary N) is 1. The lowest BCUT2D eigenvalue weighted by Crippen LogP contribution is -2.62. The van der Waals surface area contributed by atoms with Gasteiger partial charge in [-0.25, -0.2) is 8.78 Å². The van der Waals surface area contributed by atoms with Crippen molar-refractivity contribution in [2.24, 2.45) is 5.73 Å². The van der Waals surface area contributed by atoms with Crippen LogP contribution in [0.2, 0.25) is 5.02 Å². The fourth-order valence-corrected chi connectivity index (χ4v) is 4.52. The van der Waals surface area contributed by atoms with Gasteiger partial charge in [0.2, 0.25) is 0 Å². The van der Waals surface area contributed by atoms with Crippen LogP contribution in [0.4, 0.5) is 8.78 Å². The van der Waals surface area contributed by atoms with Crippen molar-refractivity contribution < 1.29 is 28.8 Å². The largest absolute Gasteiger partial charge is 0.397 e. The molecule has 1 aliphatic rings. The highest BCUT2D eigenvalue weighted by atomic mass is 79.9. The van der Waals surface area contributed by atoms with Gasteiger partial charge in [0.05, 0.1) is 27.8 Å². The number of rotatable bonds is 6. The standard InChI is InChI=1S/C19H19BrClF2N3O4S/c20-15-11(22)1-8(2-12(15)23)13(24)6-26-16-17(28)14(7-27)30-19(18(16)29)31-10-3-9(21)4-25-5-10/h1-6,14,16-19,26-29H,7,24H2/b13-6-. The molecule has 0 bridgehead atoms. The van der Waals surface area contributed by atoms with E-state index in [9.17, 15) is 24.1 Å². The van der Waals surface area contributed by atoms with Crippen LogP contribution in [-0.2, 0) is 4.74 Å². The number of nitrogens with one attached hydrogen (secondary N) is 1. The maximum absolute atomic E-state index is 13.8. The number of ether oxygens (including phenoxy) is 1. The number of hydrogen-bond acceptors (Lipinski definition) is 8. The van der Waals surface area contributed by atoms with Crippen LogP contribution in [0.1, 0.15) is 5.56 Å². The van der Waals surface area contributed by atoms with E-state index in [1.165, 1.54) is 18.6 Å². The molecule has 1 saturated heterocycles. The second-order valence-electron chi connectivity index (χ2n) is 6.71. The quantitative estimate of drug-likeness (QED) is 0.355. The third-order valence-corrected chi connectivity index (χ3v) is 6.65. The van der Waals surface area contributed by atoms with Crippen LogP contribution in [0.15, 0.2) is 46.2 Å². The van der Waals surface area contributed by atoms with E-state index < -0.39 is 48.0 Å². The Kier molecular flexibility index (Phi) is 8.14. The first-order chi connectivity index (χ1) is 14.7. The summed E-state index contributed by atoms with van der Waals surface area (Å²) in [5.41, 5.74) is 5.07. The minimum atomic E-state index is -1.29. The molecule has 1 aliphatic heterocycles. The molecule has 2 heterocycles. The van der Waals surface area contributed by atoms with Crippen molar-refractivity contribution in [3.05, 3.63) is 63.5 Å². The second kappa shape index (κ2) is 10.4. The Morgan fingerprint density at radius 2 is 1.94 bits per heavy atom. The maximum Gasteiger partial charge on any atom is 0.141 e. The zero-order valence-electron chi connectivity index (χ0n) is 15.8. The Balaban J connectivity index is 1.80. The molecule has 0 radical (unpaired) electrons. The topological polar surface area (TPSA) is 121 Å². The number of hydrogen-bond donors (Lipinski definition) is 5. The first-order valence-electron chi connectivity index (χ1n) is 8.97. The second-order valence-corrected chi connectivity index (χ2v) is 9.11. The molecule has 0 saturated carbocycles. The van der Waals surface area contributed by atoms with Gasteiger partial charge in [0.25, 0.3) is 0 Å². The van der Waals surface area contributed by atoms with Gasteiger partial charge in [-0.05, 0) is 34.1 Å². The van der Waals surface area contributed by atoms with Crippen LogP contribution >= 0.6 is 39.3 Å². The fraction of sp³-hybridized carbons (Fsp3) is 0.316. The van der Waals surface area contributed by atoms with Gasteiger partial charge in [-0.2, -0.15) is 0 Å². The van der Waals surface area contributed by atoms with Crippen molar-refractivity contribution in [3.8, 4) is 0 Å². The van der Waals surface area contributed by atoms with Gasteiger partial charge >= 0.3 is 0 Å². The molecule has 5 unspecified atom stereocenters. The maximum atomic E-state index is 13.8. The molecule has 1 aromatic heterocycles. The lowest BCUT2D eigenvalue weighted by molar-refractivity contribution is -0.164. The highest BCUT2D eigenvalue weighted by Crippen LogP contribution is 2.34. The third-order valence-electron chi connectivity index (χ3n) is 4.56. The molecule has 7 nitrogen and oxygen atoms in total. The smallest absolute Gasteiger partial charge is 0.141 e. The zero-order valence-corrected chi connectivity index (χ0v) is 18.9. The average Bonchev–Trinajstić information content (AvgIpc) is 2.73. The van der Waals surface area contributed by atoms with Gasteiger partial charge in [0, 0.05) is 29.1 Å². The third kappa shape index (κ3) is 5.67. The fourth-order valence-electron chi connectivity index (χ4n) is 2.96. The Bertz CT molecular complexity index is 950.